The fourth-order valence-electron chi connectivity index (χ4n) is 3.42. The second kappa shape index (κ2) is 7.68. The number of aromatic hydroxyl groups is 1. The SMILES string of the molecule is C=Ic1cc2[nH]c(=O)c(-c3nc(C)no3)c(O)c2cc1C1=CCC(N(C)C)C=C1. The van der Waals surface area contributed by atoms with Gasteiger partial charge >= 0.3 is 0 Å². The van der Waals surface area contributed by atoms with Gasteiger partial charge in [0.15, 0.2) is 5.82 Å². The van der Waals surface area contributed by atoms with Crippen LogP contribution < -0.4 is 5.56 Å². The minimum Gasteiger partial charge on any atom is -0.506 e. The third-order valence-corrected chi connectivity index (χ3v) is 6.73. The first-order valence-corrected chi connectivity index (χ1v) is 11.7. The Hall–Kier alpha value is -2.59. The van der Waals surface area contributed by atoms with E-state index in [-0.39, 0.29) is 17.2 Å². The topological polar surface area (TPSA) is 95.2 Å². The third-order valence-electron chi connectivity index (χ3n) is 5.01. The van der Waals surface area contributed by atoms with Crippen molar-refractivity contribution in [1.29, 1.82) is 0 Å². The van der Waals surface area contributed by atoms with Crippen LogP contribution in [0.3, 0.4) is 0 Å². The summed E-state index contributed by atoms with van der Waals surface area (Å²) < 4.78 is 10.4. The van der Waals surface area contributed by atoms with Gasteiger partial charge in [0.2, 0.25) is 0 Å². The average molecular weight is 504 g/mol. The molecule has 1 aliphatic carbocycles. The largest absolute Gasteiger partial charge is 0.506 e. The molecule has 0 spiro atoms. The van der Waals surface area contributed by atoms with Gasteiger partial charge in [-0.15, -0.1) is 0 Å². The van der Waals surface area contributed by atoms with E-state index in [0.717, 1.165) is 21.1 Å². The molecule has 150 valence electrons. The summed E-state index contributed by atoms with van der Waals surface area (Å²) in [5.74, 6) is 0.239. The van der Waals surface area contributed by atoms with Gasteiger partial charge in [-0.3, -0.25) is 4.79 Å². The van der Waals surface area contributed by atoms with Gasteiger partial charge in [-0.1, -0.05) is 48.6 Å². The van der Waals surface area contributed by atoms with Crippen molar-refractivity contribution in [2.24, 2.45) is 0 Å². The molecule has 0 saturated heterocycles. The van der Waals surface area contributed by atoms with Crippen LogP contribution in [-0.2, 0) is 0 Å². The number of likely N-dealkylation sites (N-methyl/N-ethyl adjacent to an activating group) is 1. The summed E-state index contributed by atoms with van der Waals surface area (Å²) in [5.41, 5.74) is 2.22. The van der Waals surface area contributed by atoms with Crippen LogP contribution in [0.25, 0.3) is 27.9 Å². The number of halogens is 1. The van der Waals surface area contributed by atoms with E-state index in [0.29, 0.717) is 22.8 Å². The Balaban J connectivity index is 1.90. The van der Waals surface area contributed by atoms with Gasteiger partial charge in [-0.2, -0.15) is 4.98 Å². The zero-order chi connectivity index (χ0) is 20.7. The van der Waals surface area contributed by atoms with Crippen molar-refractivity contribution in [1.82, 2.24) is 20.0 Å². The van der Waals surface area contributed by atoms with Crippen molar-refractivity contribution >= 4 is 41.7 Å². The molecule has 0 amide bonds. The summed E-state index contributed by atoms with van der Waals surface area (Å²) in [6.45, 7) is 1.66. The lowest BCUT2D eigenvalue weighted by Gasteiger charge is -2.23. The van der Waals surface area contributed by atoms with E-state index < -0.39 is 26.3 Å². The first-order valence-electron chi connectivity index (χ1n) is 9.06. The van der Waals surface area contributed by atoms with Crippen LogP contribution in [-0.4, -0.2) is 49.8 Å². The predicted molar refractivity (Wildman–Crippen MR) is 123 cm³/mol. The number of allylic oxidation sites excluding steroid dienone is 2. The minimum absolute atomic E-state index is 0.00367. The number of aryl methyl sites for hydroxylation is 1. The number of hydrogen-bond donors (Lipinski definition) is 2. The highest BCUT2D eigenvalue weighted by Gasteiger charge is 2.21. The number of nitrogens with zero attached hydrogens (tertiary/aromatic N) is 3. The van der Waals surface area contributed by atoms with E-state index in [1.54, 1.807) is 6.92 Å². The number of aromatic nitrogens is 3. The summed E-state index contributed by atoms with van der Waals surface area (Å²) in [6, 6.07) is 4.20. The molecule has 1 unspecified atom stereocenters. The standard InChI is InChI=1S/C21H21IN4O3/c1-11-23-21(29-25-11)18-19(27)15-9-14(12-5-7-13(8-6-12)26(3)4)16(22-2)10-17(15)24-20(18)28/h5-7,9-10,13H,2,8H2,1,3-4H3,(H2,24,27,28). The summed E-state index contributed by atoms with van der Waals surface area (Å²) in [4.78, 5) is 21.7. The Kier molecular flexibility index (Phi) is 5.22. The molecule has 0 fully saturated rings. The van der Waals surface area contributed by atoms with Gasteiger partial charge in [0.1, 0.15) is 11.3 Å². The van der Waals surface area contributed by atoms with Crippen molar-refractivity contribution in [2.45, 2.75) is 19.4 Å². The van der Waals surface area contributed by atoms with Gasteiger partial charge in [0, 0.05) is 15.0 Å². The summed E-state index contributed by atoms with van der Waals surface area (Å²) in [6.07, 6.45) is 7.42. The molecule has 1 aromatic carbocycles. The summed E-state index contributed by atoms with van der Waals surface area (Å²) >= 11 is -0.487. The zero-order valence-corrected chi connectivity index (χ0v) is 18.5. The van der Waals surface area contributed by atoms with E-state index in [1.165, 1.54) is 0 Å². The van der Waals surface area contributed by atoms with Crippen LogP contribution >= 0.6 is 20.7 Å². The molecule has 1 atom stereocenters. The number of pyridine rings is 1. The van der Waals surface area contributed by atoms with Crippen LogP contribution in [0.2, 0.25) is 0 Å². The van der Waals surface area contributed by atoms with Crippen LogP contribution in [0.5, 0.6) is 5.75 Å². The first kappa shape index (κ1) is 19.7. The van der Waals surface area contributed by atoms with Crippen molar-refractivity contribution in [2.75, 3.05) is 14.1 Å². The van der Waals surface area contributed by atoms with Gasteiger partial charge in [0.05, 0.1) is 5.52 Å². The van der Waals surface area contributed by atoms with Crippen molar-refractivity contribution in [3.05, 3.63) is 55.7 Å². The number of H-pyrrole nitrogens is 1. The fourth-order valence-corrected chi connectivity index (χ4v) is 4.83. The molecule has 2 N–H and O–H groups in total. The van der Waals surface area contributed by atoms with Gasteiger partial charge < -0.3 is 19.5 Å². The molecule has 0 aliphatic heterocycles. The zero-order valence-electron chi connectivity index (χ0n) is 16.4. The normalized spacial score (nSPS) is 16.6. The molecule has 4 rings (SSSR count). The number of fused-ring (bicyclic) bond motifs is 1. The molecule has 8 heteroatoms. The van der Waals surface area contributed by atoms with Crippen molar-refractivity contribution in [3.63, 3.8) is 0 Å². The highest BCUT2D eigenvalue weighted by Crippen LogP contribution is 2.36. The Labute approximate surface area is 177 Å². The fraction of sp³-hybridized carbons (Fsp3) is 0.238. The Morgan fingerprint density at radius 2 is 2.17 bits per heavy atom. The lowest BCUT2D eigenvalue weighted by atomic mass is 9.95. The Bertz CT molecular complexity index is 1240. The predicted octanol–water partition coefficient (Wildman–Crippen LogP) is 3.44. The number of hydrogen-bond acceptors (Lipinski definition) is 6. The molecule has 3 aromatic rings. The lowest BCUT2D eigenvalue weighted by molar-refractivity contribution is 0.344. The molecular formula is C21H21IN4O3. The number of aromatic amines is 1. The molecule has 29 heavy (non-hydrogen) atoms. The molecule has 2 aromatic heterocycles. The maximum atomic E-state index is 12.6. The molecule has 0 saturated carbocycles. The van der Waals surface area contributed by atoms with Crippen molar-refractivity contribution < 1.29 is 9.63 Å². The second-order valence-electron chi connectivity index (χ2n) is 7.12. The first-order chi connectivity index (χ1) is 13.9. The van der Waals surface area contributed by atoms with E-state index in [1.807, 2.05) is 12.1 Å². The van der Waals surface area contributed by atoms with Crippen molar-refractivity contribution in [3.8, 4) is 17.2 Å². The van der Waals surface area contributed by atoms with E-state index in [2.05, 4.69) is 56.9 Å². The summed E-state index contributed by atoms with van der Waals surface area (Å²) in [5, 5.41) is 15.2. The molecular weight excluding hydrogens is 483 g/mol. The summed E-state index contributed by atoms with van der Waals surface area (Å²) in [7, 11) is 4.12. The Morgan fingerprint density at radius 1 is 1.38 bits per heavy atom. The Morgan fingerprint density at radius 3 is 2.76 bits per heavy atom. The van der Waals surface area contributed by atoms with Crippen LogP contribution in [0.4, 0.5) is 0 Å². The minimum atomic E-state index is -0.487. The third kappa shape index (κ3) is 3.58. The van der Waals surface area contributed by atoms with Gasteiger partial charge in [-0.05, 0) is 50.7 Å². The van der Waals surface area contributed by atoms with E-state index in [4.69, 9.17) is 4.52 Å². The lowest BCUT2D eigenvalue weighted by Crippen LogP contribution is -2.26. The second-order valence-corrected chi connectivity index (χ2v) is 9.05. The number of benzene rings is 1. The highest BCUT2D eigenvalue weighted by atomic mass is 127. The smallest absolute Gasteiger partial charge is 0.267 e. The van der Waals surface area contributed by atoms with Gasteiger partial charge in [0.25, 0.3) is 11.4 Å². The number of nitrogens with one attached hydrogen (secondary N) is 1. The van der Waals surface area contributed by atoms with Crippen LogP contribution in [0.1, 0.15) is 17.8 Å². The average Bonchev–Trinajstić information content (AvgIpc) is 3.13. The van der Waals surface area contributed by atoms with E-state index in [9.17, 15) is 9.90 Å². The number of rotatable bonds is 4. The van der Waals surface area contributed by atoms with Crippen LogP contribution in [0.15, 0.2) is 39.7 Å². The molecule has 0 bridgehead atoms. The molecule has 1 aliphatic rings. The molecule has 0 radical (unpaired) electrons. The molecule has 2 heterocycles. The highest BCUT2D eigenvalue weighted by molar-refractivity contribution is 14.2. The molecule has 7 nitrogen and oxygen atoms in total. The maximum absolute atomic E-state index is 12.6. The monoisotopic (exact) mass is 504 g/mol. The van der Waals surface area contributed by atoms with Crippen LogP contribution in [0, 0.1) is 10.5 Å². The van der Waals surface area contributed by atoms with Gasteiger partial charge in [-0.25, -0.2) is 0 Å². The maximum Gasteiger partial charge on any atom is 0.267 e. The quantitative estimate of drug-likeness (QED) is 0.529. The van der Waals surface area contributed by atoms with E-state index >= 15 is 0 Å².